The largest absolute Gasteiger partial charge is 0.468 e. The normalized spacial score (nSPS) is 26.0. The zero-order chi connectivity index (χ0) is 16.4. The van der Waals surface area contributed by atoms with Crippen LogP contribution in [0.15, 0.2) is 12.2 Å². The first kappa shape index (κ1) is 16.5. The fraction of sp³-hybridized carbons (Fsp3) is 0.688. The molecule has 6 nitrogen and oxygen atoms in total. The molecule has 2 aliphatic rings. The van der Waals surface area contributed by atoms with Crippen LogP contribution in [-0.2, 0) is 19.1 Å². The molecule has 1 fully saturated rings. The van der Waals surface area contributed by atoms with E-state index in [0.717, 1.165) is 32.1 Å². The van der Waals surface area contributed by atoms with Gasteiger partial charge in [0.1, 0.15) is 12.1 Å². The number of amides is 2. The zero-order valence-electron chi connectivity index (χ0n) is 13.5. The van der Waals surface area contributed by atoms with Gasteiger partial charge in [-0.2, -0.15) is 0 Å². The summed E-state index contributed by atoms with van der Waals surface area (Å²) in [4.78, 5) is 37.7. The maximum absolute atomic E-state index is 12.6. The number of methoxy groups -OCH3 is 1. The van der Waals surface area contributed by atoms with E-state index in [1.54, 1.807) is 17.9 Å². The number of nitrogens with zero attached hydrogens (tertiary/aromatic N) is 1. The Morgan fingerprint density at radius 2 is 1.82 bits per heavy atom. The summed E-state index contributed by atoms with van der Waals surface area (Å²) in [5.41, 5.74) is -1.42. The van der Waals surface area contributed by atoms with E-state index in [-0.39, 0.29) is 23.9 Å². The Kier molecular flexibility index (Phi) is 4.58. The van der Waals surface area contributed by atoms with Crippen molar-refractivity contribution in [1.82, 2.24) is 10.2 Å². The molecule has 2 rings (SSSR count). The van der Waals surface area contributed by atoms with Crippen molar-refractivity contribution in [2.75, 3.05) is 13.7 Å². The van der Waals surface area contributed by atoms with Gasteiger partial charge in [-0.25, -0.2) is 0 Å². The minimum atomic E-state index is -1.06. The molecule has 22 heavy (non-hydrogen) atoms. The lowest BCUT2D eigenvalue weighted by Gasteiger charge is -2.46. The molecule has 0 aromatic carbocycles. The van der Waals surface area contributed by atoms with Crippen LogP contribution in [0, 0.1) is 0 Å². The molecule has 0 radical (unpaired) electrons. The van der Waals surface area contributed by atoms with E-state index in [0.29, 0.717) is 0 Å². The third kappa shape index (κ3) is 2.74. The van der Waals surface area contributed by atoms with Crippen LogP contribution in [0.3, 0.4) is 0 Å². The number of esters is 1. The van der Waals surface area contributed by atoms with Gasteiger partial charge < -0.3 is 15.0 Å². The van der Waals surface area contributed by atoms with Crippen molar-refractivity contribution in [3.8, 4) is 0 Å². The second-order valence-corrected chi connectivity index (χ2v) is 6.26. The maximum Gasteiger partial charge on any atom is 0.325 e. The van der Waals surface area contributed by atoms with Gasteiger partial charge >= 0.3 is 5.97 Å². The van der Waals surface area contributed by atoms with E-state index in [4.69, 9.17) is 0 Å². The van der Waals surface area contributed by atoms with Crippen LogP contribution in [0.2, 0.25) is 0 Å². The van der Waals surface area contributed by atoms with Gasteiger partial charge in [-0.3, -0.25) is 14.4 Å². The highest BCUT2D eigenvalue weighted by Gasteiger charge is 2.53. The predicted molar refractivity (Wildman–Crippen MR) is 80.9 cm³/mol. The van der Waals surface area contributed by atoms with E-state index >= 15 is 0 Å². The summed E-state index contributed by atoms with van der Waals surface area (Å²) >= 11 is 0. The van der Waals surface area contributed by atoms with E-state index in [1.807, 2.05) is 6.08 Å². The van der Waals surface area contributed by atoms with Crippen LogP contribution in [0.25, 0.3) is 0 Å². The number of rotatable bonds is 3. The third-order valence-electron chi connectivity index (χ3n) is 4.74. The molecule has 1 aliphatic heterocycles. The lowest BCUT2D eigenvalue weighted by Crippen LogP contribution is -2.62. The summed E-state index contributed by atoms with van der Waals surface area (Å²) in [6.45, 7) is 3.02. The Morgan fingerprint density at radius 1 is 1.18 bits per heavy atom. The Hall–Kier alpha value is -1.85. The quantitative estimate of drug-likeness (QED) is 0.627. The molecule has 1 N–H and O–H groups in total. The van der Waals surface area contributed by atoms with E-state index in [9.17, 15) is 14.4 Å². The van der Waals surface area contributed by atoms with Gasteiger partial charge in [-0.05, 0) is 19.8 Å². The predicted octanol–water partition coefficient (Wildman–Crippen LogP) is 1.16. The van der Waals surface area contributed by atoms with E-state index in [1.165, 1.54) is 14.0 Å². The summed E-state index contributed by atoms with van der Waals surface area (Å²) in [5, 5.41) is 2.56. The van der Waals surface area contributed by atoms with Crippen LogP contribution in [-0.4, -0.2) is 47.4 Å². The first-order chi connectivity index (χ1) is 10.4. The topological polar surface area (TPSA) is 75.7 Å². The van der Waals surface area contributed by atoms with E-state index < -0.39 is 11.5 Å². The number of ether oxygens (including phenoxy) is 1. The molecule has 1 saturated carbocycles. The standard InChI is InChI=1S/C16H24N2O4/c1-12(19)18-15(2,14(21)17-11-13(20)22-3)9-10-16(18)7-5-4-6-8-16/h9-10H,4-8,11H2,1-3H3,(H,17,21). The average Bonchev–Trinajstić information content (AvgIpc) is 2.79. The first-order valence-corrected chi connectivity index (χ1v) is 7.72. The number of nitrogens with one attached hydrogen (secondary N) is 1. The lowest BCUT2D eigenvalue weighted by molar-refractivity contribution is -0.149. The fourth-order valence-electron chi connectivity index (χ4n) is 3.70. The van der Waals surface area contributed by atoms with Crippen molar-refractivity contribution in [3.05, 3.63) is 12.2 Å². The number of hydrogen-bond donors (Lipinski definition) is 1. The van der Waals surface area contributed by atoms with Gasteiger partial charge in [0, 0.05) is 6.92 Å². The molecule has 1 unspecified atom stereocenters. The van der Waals surface area contributed by atoms with Gasteiger partial charge in [0.15, 0.2) is 0 Å². The van der Waals surface area contributed by atoms with Gasteiger partial charge in [0.2, 0.25) is 11.8 Å². The Morgan fingerprint density at radius 3 is 2.36 bits per heavy atom. The molecule has 122 valence electrons. The fourth-order valence-corrected chi connectivity index (χ4v) is 3.70. The third-order valence-corrected chi connectivity index (χ3v) is 4.74. The molecular weight excluding hydrogens is 284 g/mol. The molecule has 6 heteroatoms. The summed E-state index contributed by atoms with van der Waals surface area (Å²) in [6, 6.07) is 0. The zero-order valence-corrected chi connectivity index (χ0v) is 13.5. The number of carbonyl (C=O) groups is 3. The Labute approximate surface area is 130 Å². The van der Waals surface area contributed by atoms with Crippen LogP contribution in [0.1, 0.15) is 46.0 Å². The van der Waals surface area contributed by atoms with Crippen LogP contribution < -0.4 is 5.32 Å². The Balaban J connectivity index is 2.21. The molecule has 0 saturated heterocycles. The molecule has 1 spiro atoms. The van der Waals surface area contributed by atoms with Crippen molar-refractivity contribution >= 4 is 17.8 Å². The maximum atomic E-state index is 12.6. The first-order valence-electron chi connectivity index (χ1n) is 7.72. The SMILES string of the molecule is COC(=O)CNC(=O)C1(C)C=CC2(CCCCC2)N1C(C)=O. The minimum Gasteiger partial charge on any atom is -0.468 e. The highest BCUT2D eigenvalue weighted by molar-refractivity contribution is 5.95. The second kappa shape index (κ2) is 6.10. The van der Waals surface area contributed by atoms with Crippen LogP contribution in [0.5, 0.6) is 0 Å². The van der Waals surface area contributed by atoms with Crippen molar-refractivity contribution in [3.63, 3.8) is 0 Å². The molecule has 0 aromatic rings. The van der Waals surface area contributed by atoms with Gasteiger partial charge in [0.05, 0.1) is 12.6 Å². The lowest BCUT2D eigenvalue weighted by atomic mass is 9.81. The van der Waals surface area contributed by atoms with Gasteiger partial charge in [0.25, 0.3) is 0 Å². The molecule has 1 atom stereocenters. The van der Waals surface area contributed by atoms with Gasteiger partial charge in [-0.1, -0.05) is 31.4 Å². The van der Waals surface area contributed by atoms with Crippen molar-refractivity contribution in [2.24, 2.45) is 0 Å². The molecule has 0 aromatic heterocycles. The smallest absolute Gasteiger partial charge is 0.325 e. The molecule has 0 bridgehead atoms. The molecular formula is C16H24N2O4. The minimum absolute atomic E-state index is 0.123. The Bertz CT molecular complexity index is 508. The highest BCUT2D eigenvalue weighted by Crippen LogP contribution is 2.44. The summed E-state index contributed by atoms with van der Waals surface area (Å²) < 4.78 is 4.53. The molecule has 2 amide bonds. The van der Waals surface area contributed by atoms with Crippen LogP contribution in [0.4, 0.5) is 0 Å². The van der Waals surface area contributed by atoms with Crippen LogP contribution >= 0.6 is 0 Å². The van der Waals surface area contributed by atoms with Crippen molar-refractivity contribution in [1.29, 1.82) is 0 Å². The average molecular weight is 308 g/mol. The molecule has 1 aliphatic carbocycles. The number of carbonyl (C=O) groups excluding carboxylic acids is 3. The molecule has 1 heterocycles. The number of hydrogen-bond acceptors (Lipinski definition) is 4. The van der Waals surface area contributed by atoms with Gasteiger partial charge in [-0.15, -0.1) is 0 Å². The summed E-state index contributed by atoms with van der Waals surface area (Å²) in [5.74, 6) is -0.991. The van der Waals surface area contributed by atoms with Crippen molar-refractivity contribution < 1.29 is 19.1 Å². The van der Waals surface area contributed by atoms with Crippen molar-refractivity contribution in [2.45, 2.75) is 57.0 Å². The monoisotopic (exact) mass is 308 g/mol. The van der Waals surface area contributed by atoms with E-state index in [2.05, 4.69) is 10.1 Å². The summed E-state index contributed by atoms with van der Waals surface area (Å²) in [6.07, 6.45) is 8.82. The highest BCUT2D eigenvalue weighted by atomic mass is 16.5. The summed E-state index contributed by atoms with van der Waals surface area (Å²) in [7, 11) is 1.27. The second-order valence-electron chi connectivity index (χ2n) is 6.26.